The Morgan fingerprint density at radius 3 is 2.85 bits per heavy atom. The quantitative estimate of drug-likeness (QED) is 0.865. The summed E-state index contributed by atoms with van der Waals surface area (Å²) in [6.07, 6.45) is 8.02. The molecular weight excluding hydrogens is 248 g/mol. The van der Waals surface area contributed by atoms with Crippen LogP contribution in [0.15, 0.2) is 22.8 Å². The number of nitrogens with zero attached hydrogens (tertiary/aromatic N) is 1. The second-order valence-corrected chi connectivity index (χ2v) is 6.59. The standard InChI is InChI=1S/C17H30N2O/c1-5-18-16(12-15-9-7-11-20-15)17(19(3)4)10-6-8-14(2)13-17/h7,9,11,14,16,18H,5-6,8,10,12-13H2,1-4H3. The normalized spacial score (nSPS) is 28.8. The van der Waals surface area contributed by atoms with E-state index in [1.165, 1.54) is 25.7 Å². The second-order valence-electron chi connectivity index (χ2n) is 6.59. The van der Waals surface area contributed by atoms with Crippen molar-refractivity contribution in [3.8, 4) is 0 Å². The van der Waals surface area contributed by atoms with Crippen LogP contribution in [0.4, 0.5) is 0 Å². The Bertz CT molecular complexity index is 388. The summed E-state index contributed by atoms with van der Waals surface area (Å²) in [6.45, 7) is 5.60. The molecule has 0 aliphatic heterocycles. The minimum Gasteiger partial charge on any atom is -0.469 e. The molecule has 0 spiro atoms. The highest BCUT2D eigenvalue weighted by atomic mass is 16.3. The Balaban J connectivity index is 2.22. The lowest BCUT2D eigenvalue weighted by atomic mass is 9.70. The molecule has 0 aromatic carbocycles. The average Bonchev–Trinajstić information content (AvgIpc) is 2.91. The molecule has 2 rings (SSSR count). The molecule has 1 heterocycles. The Hall–Kier alpha value is -0.800. The first-order valence-corrected chi connectivity index (χ1v) is 8.01. The van der Waals surface area contributed by atoms with Crippen LogP contribution in [0.2, 0.25) is 0 Å². The van der Waals surface area contributed by atoms with Gasteiger partial charge < -0.3 is 14.6 Å². The van der Waals surface area contributed by atoms with Gasteiger partial charge in [-0.25, -0.2) is 0 Å². The van der Waals surface area contributed by atoms with Crippen LogP contribution in [-0.2, 0) is 6.42 Å². The molecule has 0 bridgehead atoms. The zero-order chi connectivity index (χ0) is 14.6. The smallest absolute Gasteiger partial charge is 0.105 e. The van der Waals surface area contributed by atoms with E-state index in [-0.39, 0.29) is 5.54 Å². The third kappa shape index (κ3) is 3.26. The molecule has 1 saturated carbocycles. The number of hydrogen-bond donors (Lipinski definition) is 1. The Morgan fingerprint density at radius 2 is 2.30 bits per heavy atom. The van der Waals surface area contributed by atoms with Gasteiger partial charge in [0.1, 0.15) is 5.76 Å². The molecule has 1 fully saturated rings. The summed E-state index contributed by atoms with van der Waals surface area (Å²) in [6, 6.07) is 4.54. The van der Waals surface area contributed by atoms with Gasteiger partial charge in [0.05, 0.1) is 6.26 Å². The molecule has 1 aliphatic carbocycles. The highest BCUT2D eigenvalue weighted by Gasteiger charge is 2.43. The van der Waals surface area contributed by atoms with Gasteiger partial charge in [0.15, 0.2) is 0 Å². The molecule has 3 unspecified atom stereocenters. The van der Waals surface area contributed by atoms with E-state index in [0.29, 0.717) is 6.04 Å². The molecule has 0 radical (unpaired) electrons. The maximum absolute atomic E-state index is 5.59. The maximum atomic E-state index is 5.59. The fourth-order valence-electron chi connectivity index (χ4n) is 3.93. The van der Waals surface area contributed by atoms with Crippen molar-refractivity contribution >= 4 is 0 Å². The molecular formula is C17H30N2O. The number of nitrogens with one attached hydrogen (secondary N) is 1. The Labute approximate surface area is 123 Å². The van der Waals surface area contributed by atoms with Gasteiger partial charge in [-0.1, -0.05) is 26.7 Å². The van der Waals surface area contributed by atoms with E-state index >= 15 is 0 Å². The first kappa shape index (κ1) is 15.6. The van der Waals surface area contributed by atoms with Crippen molar-refractivity contribution in [2.45, 2.75) is 57.5 Å². The molecule has 3 nitrogen and oxygen atoms in total. The van der Waals surface area contributed by atoms with Crippen LogP contribution in [-0.4, -0.2) is 37.1 Å². The summed E-state index contributed by atoms with van der Waals surface area (Å²) >= 11 is 0. The maximum Gasteiger partial charge on any atom is 0.105 e. The Kier molecular flexibility index (Phi) is 5.28. The fourth-order valence-corrected chi connectivity index (χ4v) is 3.93. The van der Waals surface area contributed by atoms with Crippen molar-refractivity contribution in [3.05, 3.63) is 24.2 Å². The van der Waals surface area contributed by atoms with Gasteiger partial charge in [0.2, 0.25) is 0 Å². The molecule has 0 saturated heterocycles. The summed E-state index contributed by atoms with van der Waals surface area (Å²) in [5.41, 5.74) is 0.250. The monoisotopic (exact) mass is 278 g/mol. The van der Waals surface area contributed by atoms with Crippen LogP contribution < -0.4 is 5.32 Å². The largest absolute Gasteiger partial charge is 0.469 e. The zero-order valence-electron chi connectivity index (χ0n) is 13.5. The van der Waals surface area contributed by atoms with E-state index in [9.17, 15) is 0 Å². The average molecular weight is 278 g/mol. The third-order valence-corrected chi connectivity index (χ3v) is 4.98. The van der Waals surface area contributed by atoms with Crippen molar-refractivity contribution in [3.63, 3.8) is 0 Å². The van der Waals surface area contributed by atoms with E-state index in [1.54, 1.807) is 6.26 Å². The summed E-state index contributed by atoms with van der Waals surface area (Å²) in [4.78, 5) is 2.46. The number of furan rings is 1. The van der Waals surface area contributed by atoms with Gasteiger partial charge in [0, 0.05) is 18.0 Å². The van der Waals surface area contributed by atoms with Crippen molar-refractivity contribution in [2.75, 3.05) is 20.6 Å². The molecule has 1 aliphatic rings. The summed E-state index contributed by atoms with van der Waals surface area (Å²) in [7, 11) is 4.48. The SMILES string of the molecule is CCNC(Cc1ccco1)C1(N(C)C)CCCC(C)C1. The molecule has 1 N–H and O–H groups in total. The molecule has 3 atom stereocenters. The summed E-state index contributed by atoms with van der Waals surface area (Å²) < 4.78 is 5.59. The molecule has 0 amide bonds. The van der Waals surface area contributed by atoms with E-state index in [2.05, 4.69) is 44.2 Å². The van der Waals surface area contributed by atoms with E-state index in [1.807, 2.05) is 6.07 Å². The van der Waals surface area contributed by atoms with Crippen LogP contribution in [0.25, 0.3) is 0 Å². The first-order chi connectivity index (χ1) is 9.58. The predicted octanol–water partition coefficient (Wildman–Crippen LogP) is 3.31. The Morgan fingerprint density at radius 1 is 1.50 bits per heavy atom. The molecule has 1 aromatic rings. The zero-order valence-corrected chi connectivity index (χ0v) is 13.5. The number of likely N-dealkylation sites (N-methyl/N-ethyl adjacent to an activating group) is 2. The van der Waals surface area contributed by atoms with Gasteiger partial charge in [-0.2, -0.15) is 0 Å². The fraction of sp³-hybridized carbons (Fsp3) is 0.765. The van der Waals surface area contributed by atoms with Crippen LogP contribution in [0, 0.1) is 5.92 Å². The van der Waals surface area contributed by atoms with Gasteiger partial charge in [-0.15, -0.1) is 0 Å². The van der Waals surface area contributed by atoms with Crippen molar-refractivity contribution in [1.29, 1.82) is 0 Å². The van der Waals surface area contributed by atoms with Gasteiger partial charge in [-0.3, -0.25) is 0 Å². The molecule has 20 heavy (non-hydrogen) atoms. The number of hydrogen-bond acceptors (Lipinski definition) is 3. The van der Waals surface area contributed by atoms with E-state index in [0.717, 1.165) is 24.6 Å². The highest BCUT2D eigenvalue weighted by molar-refractivity contribution is 5.08. The van der Waals surface area contributed by atoms with Crippen molar-refractivity contribution in [1.82, 2.24) is 10.2 Å². The second kappa shape index (κ2) is 6.77. The van der Waals surface area contributed by atoms with E-state index < -0.39 is 0 Å². The lowest BCUT2D eigenvalue weighted by Crippen LogP contribution is -2.61. The first-order valence-electron chi connectivity index (χ1n) is 8.01. The minimum absolute atomic E-state index is 0.250. The lowest BCUT2D eigenvalue weighted by Gasteiger charge is -2.50. The number of rotatable bonds is 6. The lowest BCUT2D eigenvalue weighted by molar-refractivity contribution is 0.0362. The minimum atomic E-state index is 0.250. The van der Waals surface area contributed by atoms with Crippen LogP contribution in [0.1, 0.15) is 45.3 Å². The van der Waals surface area contributed by atoms with Crippen molar-refractivity contribution in [2.24, 2.45) is 5.92 Å². The molecule has 114 valence electrons. The highest BCUT2D eigenvalue weighted by Crippen LogP contribution is 2.39. The van der Waals surface area contributed by atoms with Crippen LogP contribution in [0.5, 0.6) is 0 Å². The van der Waals surface area contributed by atoms with Crippen molar-refractivity contribution < 1.29 is 4.42 Å². The van der Waals surface area contributed by atoms with Crippen LogP contribution in [0.3, 0.4) is 0 Å². The predicted molar refractivity (Wildman–Crippen MR) is 83.9 cm³/mol. The van der Waals surface area contributed by atoms with Gasteiger partial charge >= 0.3 is 0 Å². The van der Waals surface area contributed by atoms with E-state index in [4.69, 9.17) is 4.42 Å². The third-order valence-electron chi connectivity index (χ3n) is 4.98. The summed E-state index contributed by atoms with van der Waals surface area (Å²) in [5.74, 6) is 1.90. The molecule has 3 heteroatoms. The topological polar surface area (TPSA) is 28.4 Å². The molecule has 1 aromatic heterocycles. The van der Waals surface area contributed by atoms with Gasteiger partial charge in [-0.05, 0) is 51.5 Å². The summed E-state index contributed by atoms with van der Waals surface area (Å²) in [5, 5.41) is 3.73. The van der Waals surface area contributed by atoms with Crippen LogP contribution >= 0.6 is 0 Å². The van der Waals surface area contributed by atoms with Gasteiger partial charge in [0.25, 0.3) is 0 Å².